The second-order valence-corrected chi connectivity index (χ2v) is 9.47. The fraction of sp³-hybridized carbons (Fsp3) is 0.632. The Bertz CT molecular complexity index is 770. The van der Waals surface area contributed by atoms with Gasteiger partial charge in [0.1, 0.15) is 0 Å². The van der Waals surface area contributed by atoms with Gasteiger partial charge >= 0.3 is 0 Å². The van der Waals surface area contributed by atoms with Crippen molar-refractivity contribution in [2.45, 2.75) is 26.7 Å². The molecule has 1 atom stereocenters. The number of nitrogens with zero attached hydrogens (tertiary/aromatic N) is 3. The first-order valence-corrected chi connectivity index (χ1v) is 11.2. The highest BCUT2D eigenvalue weighted by molar-refractivity contribution is 7.88. The molecule has 0 radical (unpaired) electrons. The van der Waals surface area contributed by atoms with Crippen LogP contribution in [-0.4, -0.2) is 69.1 Å². The summed E-state index contributed by atoms with van der Waals surface area (Å²) < 4.78 is 25.0. The molecule has 2 aliphatic heterocycles. The molecule has 0 saturated carbocycles. The molecule has 3 rings (SSSR count). The number of rotatable bonds is 3. The summed E-state index contributed by atoms with van der Waals surface area (Å²) in [6.45, 7) is 8.15. The monoisotopic (exact) mass is 379 g/mol. The molecule has 2 fully saturated rings. The third kappa shape index (κ3) is 4.04. The van der Waals surface area contributed by atoms with Gasteiger partial charge in [0.2, 0.25) is 15.9 Å². The number of amides is 1. The number of carbonyl (C=O) groups excluding carboxylic acids is 1. The number of anilines is 1. The second kappa shape index (κ2) is 7.56. The maximum atomic E-state index is 12.9. The summed E-state index contributed by atoms with van der Waals surface area (Å²) >= 11 is 0. The van der Waals surface area contributed by atoms with Crippen LogP contribution in [0.2, 0.25) is 0 Å². The minimum atomic E-state index is -3.22. The summed E-state index contributed by atoms with van der Waals surface area (Å²) in [6, 6.07) is 6.34. The highest BCUT2D eigenvalue weighted by atomic mass is 32.2. The molecule has 0 aliphatic carbocycles. The lowest BCUT2D eigenvalue weighted by Crippen LogP contribution is -2.53. The summed E-state index contributed by atoms with van der Waals surface area (Å²) in [5.74, 6) is -0.0929. The largest absolute Gasteiger partial charge is 0.368 e. The molecule has 6 nitrogen and oxygen atoms in total. The van der Waals surface area contributed by atoms with Crippen molar-refractivity contribution >= 4 is 21.6 Å². The quantitative estimate of drug-likeness (QED) is 0.801. The van der Waals surface area contributed by atoms with Crippen molar-refractivity contribution in [3.05, 3.63) is 29.3 Å². The molecular weight excluding hydrogens is 350 g/mol. The molecule has 1 aromatic carbocycles. The number of aryl methyl sites for hydroxylation is 1. The van der Waals surface area contributed by atoms with Crippen LogP contribution < -0.4 is 4.90 Å². The zero-order valence-corrected chi connectivity index (χ0v) is 16.8. The first kappa shape index (κ1) is 19.2. The van der Waals surface area contributed by atoms with Crippen molar-refractivity contribution in [3.8, 4) is 0 Å². The molecule has 7 heteroatoms. The average Bonchev–Trinajstić information content (AvgIpc) is 2.63. The van der Waals surface area contributed by atoms with Crippen molar-refractivity contribution < 1.29 is 13.2 Å². The topological polar surface area (TPSA) is 60.9 Å². The van der Waals surface area contributed by atoms with E-state index in [0.29, 0.717) is 26.2 Å². The molecule has 0 N–H and O–H groups in total. The summed E-state index contributed by atoms with van der Waals surface area (Å²) in [5, 5.41) is 0. The van der Waals surface area contributed by atoms with Gasteiger partial charge < -0.3 is 9.80 Å². The van der Waals surface area contributed by atoms with E-state index in [1.165, 1.54) is 27.4 Å². The van der Waals surface area contributed by atoms with Crippen LogP contribution in [0.1, 0.15) is 24.0 Å². The molecule has 26 heavy (non-hydrogen) atoms. The van der Waals surface area contributed by atoms with Crippen LogP contribution in [0, 0.1) is 19.8 Å². The van der Waals surface area contributed by atoms with Crippen LogP contribution in [0.5, 0.6) is 0 Å². The number of piperazine rings is 1. The average molecular weight is 380 g/mol. The number of benzene rings is 1. The van der Waals surface area contributed by atoms with E-state index in [9.17, 15) is 13.2 Å². The fourth-order valence-electron chi connectivity index (χ4n) is 3.95. The van der Waals surface area contributed by atoms with Crippen LogP contribution in [0.25, 0.3) is 0 Å². The minimum Gasteiger partial charge on any atom is -0.368 e. The molecule has 0 aromatic heterocycles. The third-order valence-electron chi connectivity index (χ3n) is 5.71. The van der Waals surface area contributed by atoms with Gasteiger partial charge in [-0.15, -0.1) is 0 Å². The van der Waals surface area contributed by atoms with E-state index in [0.717, 1.165) is 25.9 Å². The maximum absolute atomic E-state index is 12.9. The standard InChI is InChI=1S/C19H29N3O3S/c1-15-6-4-8-18(16(15)2)20-10-12-21(13-11-20)19(23)17-7-5-9-22(14-17)26(3,24)25/h4,6,8,17H,5,7,9-14H2,1-3H3/t17-/m0/s1. The maximum Gasteiger partial charge on any atom is 0.227 e. The van der Waals surface area contributed by atoms with E-state index in [1.54, 1.807) is 0 Å². The number of hydrogen-bond acceptors (Lipinski definition) is 4. The van der Waals surface area contributed by atoms with Gasteiger partial charge in [0, 0.05) is 45.0 Å². The van der Waals surface area contributed by atoms with Crippen molar-refractivity contribution in [1.29, 1.82) is 0 Å². The van der Waals surface area contributed by atoms with Gasteiger partial charge in [-0.25, -0.2) is 12.7 Å². The van der Waals surface area contributed by atoms with Gasteiger partial charge in [0.15, 0.2) is 0 Å². The van der Waals surface area contributed by atoms with Gasteiger partial charge in [-0.05, 0) is 43.9 Å². The van der Waals surface area contributed by atoms with Gasteiger partial charge in [0.25, 0.3) is 0 Å². The Hall–Kier alpha value is -1.60. The Balaban J connectivity index is 1.61. The van der Waals surface area contributed by atoms with Crippen LogP contribution in [-0.2, 0) is 14.8 Å². The van der Waals surface area contributed by atoms with Crippen LogP contribution in [0.4, 0.5) is 5.69 Å². The van der Waals surface area contributed by atoms with Gasteiger partial charge in [-0.1, -0.05) is 12.1 Å². The summed E-state index contributed by atoms with van der Waals surface area (Å²) in [4.78, 5) is 17.1. The Labute approximate surface area is 156 Å². The molecule has 2 aliphatic rings. The molecular formula is C19H29N3O3S. The third-order valence-corrected chi connectivity index (χ3v) is 6.98. The highest BCUT2D eigenvalue weighted by Gasteiger charge is 2.33. The van der Waals surface area contributed by atoms with Crippen molar-refractivity contribution in [2.75, 3.05) is 50.4 Å². The number of carbonyl (C=O) groups is 1. The van der Waals surface area contributed by atoms with Crippen molar-refractivity contribution in [2.24, 2.45) is 5.92 Å². The molecule has 1 amide bonds. The lowest BCUT2D eigenvalue weighted by Gasteiger charge is -2.39. The van der Waals surface area contributed by atoms with Gasteiger partial charge in [-0.3, -0.25) is 4.79 Å². The van der Waals surface area contributed by atoms with E-state index in [4.69, 9.17) is 0 Å². The lowest BCUT2D eigenvalue weighted by molar-refractivity contribution is -0.137. The van der Waals surface area contributed by atoms with Crippen molar-refractivity contribution in [1.82, 2.24) is 9.21 Å². The van der Waals surface area contributed by atoms with E-state index in [2.05, 4.69) is 36.9 Å². The van der Waals surface area contributed by atoms with E-state index < -0.39 is 10.0 Å². The second-order valence-electron chi connectivity index (χ2n) is 7.49. The van der Waals surface area contributed by atoms with Crippen LogP contribution in [0.15, 0.2) is 18.2 Å². The first-order chi connectivity index (χ1) is 12.3. The van der Waals surface area contributed by atoms with E-state index in [-0.39, 0.29) is 11.8 Å². The number of piperidine rings is 1. The Morgan fingerprint density at radius 2 is 1.77 bits per heavy atom. The van der Waals surface area contributed by atoms with E-state index >= 15 is 0 Å². The predicted molar refractivity (Wildman–Crippen MR) is 104 cm³/mol. The summed E-state index contributed by atoms with van der Waals surface area (Å²) in [7, 11) is -3.22. The Morgan fingerprint density at radius 1 is 1.08 bits per heavy atom. The molecule has 2 heterocycles. The number of sulfonamides is 1. The van der Waals surface area contributed by atoms with E-state index in [1.807, 2.05) is 4.90 Å². The molecule has 2 saturated heterocycles. The molecule has 0 spiro atoms. The Kier molecular flexibility index (Phi) is 5.58. The SMILES string of the molecule is Cc1cccc(N2CCN(C(=O)[C@H]3CCCN(S(C)(=O)=O)C3)CC2)c1C. The fourth-order valence-corrected chi connectivity index (χ4v) is 4.86. The lowest BCUT2D eigenvalue weighted by atomic mass is 9.97. The zero-order valence-electron chi connectivity index (χ0n) is 15.9. The normalized spacial score (nSPS) is 22.5. The molecule has 1 aromatic rings. The summed E-state index contributed by atoms with van der Waals surface area (Å²) in [6.07, 6.45) is 2.76. The van der Waals surface area contributed by atoms with Gasteiger partial charge in [0.05, 0.1) is 12.2 Å². The smallest absolute Gasteiger partial charge is 0.227 e. The minimum absolute atomic E-state index is 0.110. The zero-order chi connectivity index (χ0) is 18.9. The number of hydrogen-bond donors (Lipinski definition) is 0. The first-order valence-electron chi connectivity index (χ1n) is 9.32. The van der Waals surface area contributed by atoms with Gasteiger partial charge in [-0.2, -0.15) is 0 Å². The van der Waals surface area contributed by atoms with Crippen LogP contribution >= 0.6 is 0 Å². The molecule has 144 valence electrons. The molecule has 0 unspecified atom stereocenters. The Morgan fingerprint density at radius 3 is 2.42 bits per heavy atom. The highest BCUT2D eigenvalue weighted by Crippen LogP contribution is 2.25. The molecule has 0 bridgehead atoms. The van der Waals surface area contributed by atoms with Crippen molar-refractivity contribution in [3.63, 3.8) is 0 Å². The predicted octanol–water partition coefficient (Wildman–Crippen LogP) is 1.62. The van der Waals surface area contributed by atoms with Crippen LogP contribution in [0.3, 0.4) is 0 Å². The summed E-state index contributed by atoms with van der Waals surface area (Å²) in [5.41, 5.74) is 3.82.